The topological polar surface area (TPSA) is 27.6 Å². The fraction of sp³-hybridized carbons (Fsp3) is 0.125. The average Bonchev–Trinajstić information content (AvgIpc) is 2.43. The van der Waals surface area contributed by atoms with E-state index in [4.69, 9.17) is 23.2 Å². The molecule has 0 aliphatic rings. The molecule has 20 heavy (non-hydrogen) atoms. The van der Waals surface area contributed by atoms with Crippen molar-refractivity contribution in [3.8, 4) is 0 Å². The highest BCUT2D eigenvalue weighted by molar-refractivity contribution is 6.42. The van der Waals surface area contributed by atoms with E-state index in [-0.39, 0.29) is 18.4 Å². The van der Waals surface area contributed by atoms with Crippen LogP contribution in [0.3, 0.4) is 0 Å². The molecule has 0 saturated carbocycles. The smallest absolute Gasteiger partial charge is 0.115 e. The number of hydrogen-bond acceptors (Lipinski definition) is 0. The molecule has 0 radical (unpaired) electrons. The van der Waals surface area contributed by atoms with E-state index < -0.39 is 0 Å². The summed E-state index contributed by atoms with van der Waals surface area (Å²) in [5, 5.41) is 1.19. The van der Waals surface area contributed by atoms with Gasteiger partial charge in [0, 0.05) is 12.0 Å². The third kappa shape index (κ3) is 4.53. The van der Waals surface area contributed by atoms with Crippen LogP contribution >= 0.6 is 23.2 Å². The lowest BCUT2D eigenvalue weighted by Crippen LogP contribution is -3.00. The van der Waals surface area contributed by atoms with Crippen LogP contribution in [0.5, 0.6) is 0 Å². The summed E-state index contributed by atoms with van der Waals surface area (Å²) in [6.45, 7) is 0. The molecule has 1 atom stereocenters. The van der Waals surface area contributed by atoms with Gasteiger partial charge in [-0.25, -0.2) is 0 Å². The average molecular weight is 329 g/mol. The van der Waals surface area contributed by atoms with Crippen molar-refractivity contribution in [3.63, 3.8) is 0 Å². The number of hydrogen-bond donors (Lipinski definition) is 1. The molecule has 106 valence electrons. The predicted octanol–water partition coefficient (Wildman–Crippen LogP) is 1.38. The lowest BCUT2D eigenvalue weighted by atomic mass is 10.0. The minimum atomic E-state index is 0. The maximum Gasteiger partial charge on any atom is 0.115 e. The van der Waals surface area contributed by atoms with Gasteiger partial charge in [-0.2, -0.15) is 0 Å². The SMILES string of the molecule is [Cl-].[NH3+][C@H](C/C=C/c1ccccc1)c1cccc(Cl)c1Cl. The first kappa shape index (κ1) is 17.1. The summed E-state index contributed by atoms with van der Waals surface area (Å²) in [5.74, 6) is 0. The Labute approximate surface area is 135 Å². The Morgan fingerprint density at radius 2 is 1.70 bits per heavy atom. The van der Waals surface area contributed by atoms with Crippen molar-refractivity contribution in [2.45, 2.75) is 12.5 Å². The van der Waals surface area contributed by atoms with Crippen LogP contribution in [0.4, 0.5) is 0 Å². The molecule has 0 heterocycles. The fourth-order valence-corrected chi connectivity index (χ4v) is 2.36. The first-order valence-corrected chi connectivity index (χ1v) is 6.92. The molecule has 1 nitrogen and oxygen atoms in total. The summed E-state index contributed by atoms with van der Waals surface area (Å²) >= 11 is 12.2. The fourth-order valence-electron chi connectivity index (χ4n) is 1.90. The van der Waals surface area contributed by atoms with Crippen LogP contribution in [0.15, 0.2) is 54.6 Å². The normalized spacial score (nSPS) is 12.2. The van der Waals surface area contributed by atoms with Crippen LogP contribution in [0.25, 0.3) is 6.08 Å². The third-order valence-electron chi connectivity index (χ3n) is 2.95. The molecule has 2 aromatic rings. The van der Waals surface area contributed by atoms with E-state index in [9.17, 15) is 0 Å². The summed E-state index contributed by atoms with van der Waals surface area (Å²) in [7, 11) is 0. The maximum atomic E-state index is 6.19. The maximum absolute atomic E-state index is 6.19. The van der Waals surface area contributed by atoms with Gasteiger partial charge in [-0.1, -0.05) is 77.8 Å². The van der Waals surface area contributed by atoms with Gasteiger partial charge in [0.25, 0.3) is 0 Å². The van der Waals surface area contributed by atoms with Gasteiger partial charge < -0.3 is 18.1 Å². The van der Waals surface area contributed by atoms with E-state index in [0.29, 0.717) is 10.0 Å². The van der Waals surface area contributed by atoms with E-state index in [1.807, 2.05) is 30.3 Å². The highest BCUT2D eigenvalue weighted by atomic mass is 35.5. The second kappa shape index (κ2) is 8.33. The number of benzene rings is 2. The highest BCUT2D eigenvalue weighted by Gasteiger charge is 2.13. The van der Waals surface area contributed by atoms with Gasteiger partial charge in [0.05, 0.1) is 10.0 Å². The molecule has 0 aliphatic carbocycles. The molecule has 0 saturated heterocycles. The third-order valence-corrected chi connectivity index (χ3v) is 3.79. The van der Waals surface area contributed by atoms with Crippen molar-refractivity contribution in [2.75, 3.05) is 0 Å². The molecule has 2 aromatic carbocycles. The summed E-state index contributed by atoms with van der Waals surface area (Å²) in [4.78, 5) is 0. The quantitative estimate of drug-likeness (QED) is 0.878. The van der Waals surface area contributed by atoms with Crippen molar-refractivity contribution in [3.05, 3.63) is 75.8 Å². The molecule has 0 bridgehead atoms. The summed E-state index contributed by atoms with van der Waals surface area (Å²) in [6.07, 6.45) is 5.04. The van der Waals surface area contributed by atoms with E-state index in [0.717, 1.165) is 12.0 Å². The second-order valence-electron chi connectivity index (χ2n) is 4.39. The van der Waals surface area contributed by atoms with Gasteiger partial charge in [0.2, 0.25) is 0 Å². The second-order valence-corrected chi connectivity index (χ2v) is 5.17. The predicted molar refractivity (Wildman–Crippen MR) is 82.2 cm³/mol. The van der Waals surface area contributed by atoms with Crippen LogP contribution in [0.2, 0.25) is 10.0 Å². The van der Waals surface area contributed by atoms with E-state index in [1.54, 1.807) is 6.07 Å². The lowest BCUT2D eigenvalue weighted by Gasteiger charge is -2.09. The number of quaternary nitrogens is 1. The van der Waals surface area contributed by atoms with Crippen LogP contribution < -0.4 is 18.1 Å². The van der Waals surface area contributed by atoms with Gasteiger partial charge >= 0.3 is 0 Å². The van der Waals surface area contributed by atoms with Crippen LogP contribution in [0, 0.1) is 0 Å². The molecular formula is C16H16Cl3N. The minimum absolute atomic E-state index is 0. The Hall–Kier alpha value is -0.990. The first-order chi connectivity index (χ1) is 9.18. The highest BCUT2D eigenvalue weighted by Crippen LogP contribution is 2.29. The van der Waals surface area contributed by atoms with E-state index >= 15 is 0 Å². The van der Waals surface area contributed by atoms with Crippen molar-refractivity contribution in [1.82, 2.24) is 0 Å². The van der Waals surface area contributed by atoms with Gasteiger partial charge in [-0.05, 0) is 11.6 Å². The van der Waals surface area contributed by atoms with Crippen molar-refractivity contribution < 1.29 is 18.1 Å². The lowest BCUT2D eigenvalue weighted by molar-refractivity contribution is -0.425. The molecule has 0 unspecified atom stereocenters. The first-order valence-electron chi connectivity index (χ1n) is 6.17. The largest absolute Gasteiger partial charge is 1.00 e. The molecule has 3 N–H and O–H groups in total. The monoisotopic (exact) mass is 327 g/mol. The number of rotatable bonds is 4. The molecule has 4 heteroatoms. The van der Waals surface area contributed by atoms with Crippen molar-refractivity contribution in [1.29, 1.82) is 0 Å². The molecular weight excluding hydrogens is 313 g/mol. The zero-order chi connectivity index (χ0) is 13.7. The van der Waals surface area contributed by atoms with Crippen LogP contribution in [-0.2, 0) is 0 Å². The summed E-state index contributed by atoms with van der Waals surface area (Å²) < 4.78 is 0. The molecule has 0 spiro atoms. The van der Waals surface area contributed by atoms with Gasteiger partial charge in [0.15, 0.2) is 0 Å². The molecule has 0 amide bonds. The van der Waals surface area contributed by atoms with Gasteiger partial charge in [0.1, 0.15) is 6.04 Å². The summed E-state index contributed by atoms with van der Waals surface area (Å²) in [5.41, 5.74) is 6.33. The molecule has 0 aliphatic heterocycles. The standard InChI is InChI=1S/C16H15Cl2N.ClH/c17-14-10-5-9-13(16(14)18)15(19)11-4-8-12-6-2-1-3-7-12;/h1-10,15H,11,19H2;1H/b8-4+;/t15-;/m1./s1. The molecule has 0 fully saturated rings. The Balaban J connectivity index is 0.00000200. The van der Waals surface area contributed by atoms with Crippen LogP contribution in [0.1, 0.15) is 23.6 Å². The zero-order valence-electron chi connectivity index (χ0n) is 10.9. The van der Waals surface area contributed by atoms with Gasteiger partial charge in [-0.15, -0.1) is 0 Å². The van der Waals surface area contributed by atoms with Gasteiger partial charge in [-0.3, -0.25) is 0 Å². The molecule has 2 rings (SSSR count). The number of halogens is 3. The Bertz CT molecular complexity index is 567. The van der Waals surface area contributed by atoms with Crippen LogP contribution in [-0.4, -0.2) is 0 Å². The Kier molecular flexibility index (Phi) is 7.11. The van der Waals surface area contributed by atoms with E-state index in [2.05, 4.69) is 30.0 Å². The Morgan fingerprint density at radius 3 is 2.40 bits per heavy atom. The summed E-state index contributed by atoms with van der Waals surface area (Å²) in [6, 6.07) is 16.0. The van der Waals surface area contributed by atoms with E-state index in [1.165, 1.54) is 5.56 Å². The molecule has 0 aromatic heterocycles. The zero-order valence-corrected chi connectivity index (χ0v) is 13.2. The minimum Gasteiger partial charge on any atom is -1.00 e. The van der Waals surface area contributed by atoms with Crippen molar-refractivity contribution in [2.24, 2.45) is 0 Å². The van der Waals surface area contributed by atoms with Crippen molar-refractivity contribution >= 4 is 29.3 Å². The Morgan fingerprint density at radius 1 is 1.00 bits per heavy atom.